The molecule has 1 N–H and O–H groups in total. The summed E-state index contributed by atoms with van der Waals surface area (Å²) in [6.07, 6.45) is 2.17. The van der Waals surface area contributed by atoms with Crippen molar-refractivity contribution in [2.24, 2.45) is 0 Å². The van der Waals surface area contributed by atoms with Crippen molar-refractivity contribution in [3.05, 3.63) is 59.1 Å². The fourth-order valence-corrected chi connectivity index (χ4v) is 3.95. The van der Waals surface area contributed by atoms with Gasteiger partial charge in [0, 0.05) is 34.6 Å². The lowest BCUT2D eigenvalue weighted by atomic mass is 10.0. The van der Waals surface area contributed by atoms with E-state index in [4.69, 9.17) is 21.3 Å². The summed E-state index contributed by atoms with van der Waals surface area (Å²) in [6.45, 7) is 1.98. The molecule has 1 atom stereocenters. The second-order valence-electron chi connectivity index (χ2n) is 7.01. The number of aliphatic hydroxyl groups excluding tert-OH is 1. The zero-order valence-corrected chi connectivity index (χ0v) is 16.1. The van der Waals surface area contributed by atoms with E-state index in [2.05, 4.69) is 11.0 Å². The van der Waals surface area contributed by atoms with Gasteiger partial charge in [0.2, 0.25) is 0 Å². The van der Waals surface area contributed by atoms with E-state index in [1.54, 1.807) is 7.11 Å². The molecular formula is C22H23ClN2O2. The molecule has 1 unspecified atom stereocenters. The predicted octanol–water partition coefficient (Wildman–Crippen LogP) is 4.52. The average molecular weight is 383 g/mol. The smallest absolute Gasteiger partial charge is 0.121 e. The average Bonchev–Trinajstić information content (AvgIpc) is 3.15. The second-order valence-corrected chi connectivity index (χ2v) is 7.45. The lowest BCUT2D eigenvalue weighted by molar-refractivity contribution is 0.153. The topological polar surface area (TPSA) is 45.6 Å². The minimum atomic E-state index is 0.203. The highest BCUT2D eigenvalue weighted by Gasteiger charge is 2.25. The van der Waals surface area contributed by atoms with Crippen LogP contribution in [0.25, 0.3) is 22.2 Å². The Morgan fingerprint density at radius 2 is 2.00 bits per heavy atom. The van der Waals surface area contributed by atoms with Crippen LogP contribution in [0.5, 0.6) is 5.75 Å². The quantitative estimate of drug-likeness (QED) is 0.704. The van der Waals surface area contributed by atoms with Crippen LogP contribution in [-0.2, 0) is 6.54 Å². The van der Waals surface area contributed by atoms with Crippen molar-refractivity contribution in [3.8, 4) is 17.0 Å². The van der Waals surface area contributed by atoms with E-state index >= 15 is 0 Å². The van der Waals surface area contributed by atoms with Crippen LogP contribution in [0.4, 0.5) is 0 Å². The van der Waals surface area contributed by atoms with Crippen LogP contribution in [0.3, 0.4) is 0 Å². The summed E-state index contributed by atoms with van der Waals surface area (Å²) in [5, 5.41) is 11.5. The molecule has 1 saturated heterocycles. The Bertz CT molecular complexity index is 943. The van der Waals surface area contributed by atoms with Crippen molar-refractivity contribution in [2.45, 2.75) is 25.4 Å². The molecule has 2 aromatic carbocycles. The molecule has 0 amide bonds. The lowest BCUT2D eigenvalue weighted by Gasteiger charge is -2.24. The van der Waals surface area contributed by atoms with Gasteiger partial charge in [-0.05, 0) is 55.3 Å². The van der Waals surface area contributed by atoms with Gasteiger partial charge in [-0.2, -0.15) is 0 Å². The molecule has 4 nitrogen and oxygen atoms in total. The highest BCUT2D eigenvalue weighted by atomic mass is 35.5. The van der Waals surface area contributed by atoms with E-state index in [1.807, 2.05) is 42.5 Å². The Morgan fingerprint density at radius 1 is 1.19 bits per heavy atom. The molecule has 1 aliphatic rings. The van der Waals surface area contributed by atoms with E-state index < -0.39 is 0 Å². The van der Waals surface area contributed by atoms with E-state index in [0.717, 1.165) is 59.4 Å². The molecule has 2 heterocycles. The minimum absolute atomic E-state index is 0.203. The minimum Gasteiger partial charge on any atom is -0.497 e. The first-order valence-electron chi connectivity index (χ1n) is 9.26. The number of hydrogen-bond donors (Lipinski definition) is 1. The standard InChI is InChI=1S/C22H23ClN2O2/c1-27-20-9-6-16-11-17(13-25-10-2-3-19(25)14-26)22(24-21(16)12-20)15-4-7-18(23)8-5-15/h4-9,11-12,19,26H,2-3,10,13-14H2,1H3. The second kappa shape index (κ2) is 7.85. The first-order valence-corrected chi connectivity index (χ1v) is 9.64. The summed E-state index contributed by atoms with van der Waals surface area (Å²) < 4.78 is 5.36. The van der Waals surface area contributed by atoms with Crippen molar-refractivity contribution in [2.75, 3.05) is 20.3 Å². The van der Waals surface area contributed by atoms with Gasteiger partial charge in [0.15, 0.2) is 0 Å². The predicted molar refractivity (Wildman–Crippen MR) is 109 cm³/mol. The fraction of sp³-hybridized carbons (Fsp3) is 0.318. The molecule has 0 saturated carbocycles. The number of rotatable bonds is 5. The van der Waals surface area contributed by atoms with Gasteiger partial charge in [-0.3, -0.25) is 4.90 Å². The van der Waals surface area contributed by atoms with E-state index in [0.29, 0.717) is 5.02 Å². The summed E-state index contributed by atoms with van der Waals surface area (Å²) >= 11 is 6.08. The molecule has 3 aromatic rings. The zero-order chi connectivity index (χ0) is 18.8. The summed E-state index contributed by atoms with van der Waals surface area (Å²) in [5.74, 6) is 0.796. The number of fused-ring (bicyclic) bond motifs is 1. The summed E-state index contributed by atoms with van der Waals surface area (Å²) in [6, 6.07) is 16.2. The summed E-state index contributed by atoms with van der Waals surface area (Å²) in [5.41, 5.74) is 4.06. The molecule has 0 bridgehead atoms. The van der Waals surface area contributed by atoms with Gasteiger partial charge in [-0.1, -0.05) is 23.7 Å². The number of methoxy groups -OCH3 is 1. The molecular weight excluding hydrogens is 360 g/mol. The Labute approximate surface area is 164 Å². The molecule has 0 spiro atoms. The normalized spacial score (nSPS) is 17.5. The third-order valence-electron chi connectivity index (χ3n) is 5.30. The third-order valence-corrected chi connectivity index (χ3v) is 5.56. The largest absolute Gasteiger partial charge is 0.497 e. The number of aliphatic hydroxyl groups is 1. The Kier molecular flexibility index (Phi) is 5.30. The SMILES string of the molecule is COc1ccc2cc(CN3CCCC3CO)c(-c3ccc(Cl)cc3)nc2c1. The van der Waals surface area contributed by atoms with Crippen molar-refractivity contribution in [1.82, 2.24) is 9.88 Å². The molecule has 4 rings (SSSR count). The van der Waals surface area contributed by atoms with Crippen molar-refractivity contribution < 1.29 is 9.84 Å². The molecule has 140 valence electrons. The molecule has 1 aliphatic heterocycles. The van der Waals surface area contributed by atoms with Gasteiger partial charge in [0.05, 0.1) is 24.9 Å². The van der Waals surface area contributed by atoms with Gasteiger partial charge in [0.1, 0.15) is 5.75 Å². The van der Waals surface area contributed by atoms with Crippen LogP contribution in [0, 0.1) is 0 Å². The van der Waals surface area contributed by atoms with Crippen molar-refractivity contribution in [3.63, 3.8) is 0 Å². The number of hydrogen-bond acceptors (Lipinski definition) is 4. The molecule has 1 fully saturated rings. The van der Waals surface area contributed by atoms with Gasteiger partial charge < -0.3 is 9.84 Å². The molecule has 0 radical (unpaired) electrons. The highest BCUT2D eigenvalue weighted by Crippen LogP contribution is 2.31. The summed E-state index contributed by atoms with van der Waals surface area (Å²) in [7, 11) is 1.66. The first-order chi connectivity index (χ1) is 13.2. The number of nitrogens with zero attached hydrogens (tertiary/aromatic N) is 2. The monoisotopic (exact) mass is 382 g/mol. The van der Waals surface area contributed by atoms with Crippen molar-refractivity contribution in [1.29, 1.82) is 0 Å². The van der Waals surface area contributed by atoms with Crippen LogP contribution in [0.1, 0.15) is 18.4 Å². The maximum Gasteiger partial charge on any atom is 0.121 e. The van der Waals surface area contributed by atoms with Crippen LogP contribution in [-0.4, -0.2) is 41.3 Å². The van der Waals surface area contributed by atoms with Crippen LogP contribution in [0.2, 0.25) is 5.02 Å². The van der Waals surface area contributed by atoms with Crippen LogP contribution >= 0.6 is 11.6 Å². The van der Waals surface area contributed by atoms with E-state index in [1.165, 1.54) is 0 Å². The van der Waals surface area contributed by atoms with Gasteiger partial charge in [-0.25, -0.2) is 4.98 Å². The van der Waals surface area contributed by atoms with E-state index in [-0.39, 0.29) is 12.6 Å². The number of ether oxygens (including phenoxy) is 1. The number of likely N-dealkylation sites (tertiary alicyclic amines) is 1. The van der Waals surface area contributed by atoms with Crippen LogP contribution < -0.4 is 4.74 Å². The van der Waals surface area contributed by atoms with Crippen molar-refractivity contribution >= 4 is 22.5 Å². The number of aromatic nitrogens is 1. The fourth-order valence-electron chi connectivity index (χ4n) is 3.82. The number of pyridine rings is 1. The van der Waals surface area contributed by atoms with Gasteiger partial charge in [-0.15, -0.1) is 0 Å². The first kappa shape index (κ1) is 18.2. The number of halogens is 1. The lowest BCUT2D eigenvalue weighted by Crippen LogP contribution is -2.31. The van der Waals surface area contributed by atoms with Gasteiger partial charge >= 0.3 is 0 Å². The molecule has 5 heteroatoms. The Balaban J connectivity index is 1.81. The maximum absolute atomic E-state index is 9.67. The van der Waals surface area contributed by atoms with Crippen LogP contribution in [0.15, 0.2) is 48.5 Å². The number of benzene rings is 2. The summed E-state index contributed by atoms with van der Waals surface area (Å²) in [4.78, 5) is 7.32. The Morgan fingerprint density at radius 3 is 2.74 bits per heavy atom. The Hall–Kier alpha value is -2.14. The van der Waals surface area contributed by atoms with E-state index in [9.17, 15) is 5.11 Å². The molecule has 1 aromatic heterocycles. The maximum atomic E-state index is 9.67. The third kappa shape index (κ3) is 3.79. The molecule has 27 heavy (non-hydrogen) atoms. The highest BCUT2D eigenvalue weighted by molar-refractivity contribution is 6.30. The van der Waals surface area contributed by atoms with Gasteiger partial charge in [0.25, 0.3) is 0 Å². The molecule has 0 aliphatic carbocycles. The zero-order valence-electron chi connectivity index (χ0n) is 15.4.